The molecule has 2 amide bonds. The number of fused-ring (bicyclic) bond motifs is 1. The molecule has 3 aromatic rings. The summed E-state index contributed by atoms with van der Waals surface area (Å²) in [6, 6.07) is 26.6. The van der Waals surface area contributed by atoms with E-state index in [2.05, 4.69) is 29.4 Å². The number of nitrogens with zero attached hydrogens (tertiary/aromatic N) is 2. The predicted molar refractivity (Wildman–Crippen MR) is 123 cm³/mol. The average molecular weight is 414 g/mol. The minimum atomic E-state index is -0.391. The fourth-order valence-corrected chi connectivity index (χ4v) is 3.98. The Morgan fingerprint density at radius 3 is 2.26 bits per heavy atom. The molecule has 1 aliphatic heterocycles. The van der Waals surface area contributed by atoms with Crippen molar-refractivity contribution in [2.75, 3.05) is 25.0 Å². The third-order valence-corrected chi connectivity index (χ3v) is 5.74. The highest BCUT2D eigenvalue weighted by Gasteiger charge is 2.25. The van der Waals surface area contributed by atoms with Crippen molar-refractivity contribution in [2.24, 2.45) is 0 Å². The van der Waals surface area contributed by atoms with E-state index in [1.165, 1.54) is 0 Å². The summed E-state index contributed by atoms with van der Waals surface area (Å²) in [6.07, 6.45) is 0.217. The van der Waals surface area contributed by atoms with E-state index in [-0.39, 0.29) is 18.2 Å². The molecule has 1 unspecified atom stereocenters. The Balaban J connectivity index is 1.53. The summed E-state index contributed by atoms with van der Waals surface area (Å²) in [5.41, 5.74) is 3.81. The van der Waals surface area contributed by atoms with Crippen LogP contribution in [0, 0.1) is 0 Å². The minimum absolute atomic E-state index is 0.0346. The molecule has 3 aromatic carbocycles. The van der Waals surface area contributed by atoms with Crippen LogP contribution in [-0.2, 0) is 11.3 Å². The van der Waals surface area contributed by atoms with E-state index in [1.807, 2.05) is 65.6 Å². The standard InChI is InChI=1S/C26H27N3O2/c1-28-16-17-29(19-22-14-8-9-15-24(22)28)25(30)18-23(20-10-4-2-5-11-20)27-26(31)21-12-6-3-7-13-21/h2-15,23H,16-19H2,1H3,(H,27,31). The Bertz CT molecular complexity index is 1040. The van der Waals surface area contributed by atoms with Gasteiger partial charge in [-0.3, -0.25) is 9.59 Å². The molecular formula is C26H27N3O2. The zero-order valence-corrected chi connectivity index (χ0v) is 17.7. The second kappa shape index (κ2) is 9.47. The van der Waals surface area contributed by atoms with E-state index in [9.17, 15) is 9.59 Å². The van der Waals surface area contributed by atoms with Crippen molar-refractivity contribution in [1.82, 2.24) is 10.2 Å². The zero-order chi connectivity index (χ0) is 21.6. The summed E-state index contributed by atoms with van der Waals surface area (Å²) in [5, 5.41) is 3.07. The molecule has 0 aromatic heterocycles. The molecule has 0 fully saturated rings. The number of amides is 2. The first-order chi connectivity index (χ1) is 15.1. The molecule has 5 heteroatoms. The van der Waals surface area contributed by atoms with E-state index < -0.39 is 6.04 Å². The van der Waals surface area contributed by atoms with Gasteiger partial charge >= 0.3 is 0 Å². The summed E-state index contributed by atoms with van der Waals surface area (Å²) < 4.78 is 0. The zero-order valence-electron chi connectivity index (χ0n) is 17.7. The van der Waals surface area contributed by atoms with Gasteiger partial charge < -0.3 is 15.1 Å². The van der Waals surface area contributed by atoms with Gasteiger partial charge in [0.1, 0.15) is 0 Å². The second-order valence-corrected chi connectivity index (χ2v) is 7.87. The number of hydrogen-bond acceptors (Lipinski definition) is 3. The van der Waals surface area contributed by atoms with Gasteiger partial charge in [-0.1, -0.05) is 66.7 Å². The van der Waals surface area contributed by atoms with Gasteiger partial charge in [-0.2, -0.15) is 0 Å². The molecule has 0 aliphatic carbocycles. The van der Waals surface area contributed by atoms with Crippen molar-refractivity contribution in [1.29, 1.82) is 0 Å². The van der Waals surface area contributed by atoms with E-state index in [0.717, 1.165) is 23.4 Å². The van der Waals surface area contributed by atoms with Crippen LogP contribution in [0.4, 0.5) is 5.69 Å². The maximum atomic E-state index is 13.3. The smallest absolute Gasteiger partial charge is 0.251 e. The van der Waals surface area contributed by atoms with E-state index in [1.54, 1.807) is 12.1 Å². The quantitative estimate of drug-likeness (QED) is 0.687. The number of likely N-dealkylation sites (N-methyl/N-ethyl adjacent to an activating group) is 1. The maximum absolute atomic E-state index is 13.3. The molecule has 0 bridgehead atoms. The second-order valence-electron chi connectivity index (χ2n) is 7.87. The topological polar surface area (TPSA) is 52.6 Å². The number of para-hydroxylation sites is 1. The summed E-state index contributed by atoms with van der Waals surface area (Å²) in [6.45, 7) is 2.00. The van der Waals surface area contributed by atoms with Crippen molar-refractivity contribution in [2.45, 2.75) is 19.0 Å². The summed E-state index contributed by atoms with van der Waals surface area (Å²) >= 11 is 0. The van der Waals surface area contributed by atoms with Gasteiger partial charge in [0.05, 0.1) is 12.5 Å². The Kier molecular flexibility index (Phi) is 6.32. The van der Waals surface area contributed by atoms with Crippen molar-refractivity contribution in [3.63, 3.8) is 0 Å². The number of anilines is 1. The van der Waals surface area contributed by atoms with Crippen LogP contribution in [0.2, 0.25) is 0 Å². The number of rotatable bonds is 5. The van der Waals surface area contributed by atoms with Crippen molar-refractivity contribution < 1.29 is 9.59 Å². The normalized spacial score (nSPS) is 14.4. The summed E-state index contributed by atoms with van der Waals surface area (Å²) in [7, 11) is 2.06. The molecular weight excluding hydrogens is 386 g/mol. The highest BCUT2D eigenvalue weighted by Crippen LogP contribution is 2.25. The highest BCUT2D eigenvalue weighted by molar-refractivity contribution is 5.94. The Morgan fingerprint density at radius 2 is 1.52 bits per heavy atom. The predicted octanol–water partition coefficient (Wildman–Crippen LogP) is 4.03. The lowest BCUT2D eigenvalue weighted by molar-refractivity contribution is -0.132. The number of hydrogen-bond donors (Lipinski definition) is 1. The van der Waals surface area contributed by atoms with E-state index in [4.69, 9.17) is 0 Å². The van der Waals surface area contributed by atoms with E-state index >= 15 is 0 Å². The van der Waals surface area contributed by atoms with Crippen LogP contribution in [0.25, 0.3) is 0 Å². The first-order valence-corrected chi connectivity index (χ1v) is 10.6. The molecule has 0 spiro atoms. The number of carbonyl (C=O) groups is 2. The van der Waals surface area contributed by atoms with Crippen LogP contribution in [0.15, 0.2) is 84.9 Å². The molecule has 158 valence electrons. The lowest BCUT2D eigenvalue weighted by Gasteiger charge is -2.25. The minimum Gasteiger partial charge on any atom is -0.373 e. The van der Waals surface area contributed by atoms with Crippen LogP contribution in [0.5, 0.6) is 0 Å². The summed E-state index contributed by atoms with van der Waals surface area (Å²) in [5.74, 6) is -0.143. The molecule has 0 saturated carbocycles. The lowest BCUT2D eigenvalue weighted by atomic mass is 10.0. The largest absolute Gasteiger partial charge is 0.373 e. The van der Waals surface area contributed by atoms with Crippen LogP contribution in [0.1, 0.15) is 33.9 Å². The molecule has 31 heavy (non-hydrogen) atoms. The highest BCUT2D eigenvalue weighted by atomic mass is 16.2. The first-order valence-electron chi connectivity index (χ1n) is 10.6. The van der Waals surface area contributed by atoms with Crippen LogP contribution in [-0.4, -0.2) is 36.9 Å². The van der Waals surface area contributed by atoms with Crippen LogP contribution >= 0.6 is 0 Å². The molecule has 5 nitrogen and oxygen atoms in total. The Labute approximate surface area is 183 Å². The molecule has 4 rings (SSSR count). The van der Waals surface area contributed by atoms with Crippen molar-refractivity contribution in [3.8, 4) is 0 Å². The fourth-order valence-electron chi connectivity index (χ4n) is 3.98. The van der Waals surface area contributed by atoms with Gasteiger partial charge in [0.2, 0.25) is 5.91 Å². The molecule has 0 saturated heterocycles. The monoisotopic (exact) mass is 413 g/mol. The van der Waals surface area contributed by atoms with Crippen LogP contribution < -0.4 is 10.2 Å². The fraction of sp³-hybridized carbons (Fsp3) is 0.231. The van der Waals surface area contributed by atoms with Gasteiger partial charge in [0, 0.05) is 37.9 Å². The van der Waals surface area contributed by atoms with Gasteiger partial charge in [0.15, 0.2) is 0 Å². The number of carbonyl (C=O) groups excluding carboxylic acids is 2. The molecule has 1 aliphatic rings. The Morgan fingerprint density at radius 1 is 0.871 bits per heavy atom. The third-order valence-electron chi connectivity index (χ3n) is 5.74. The van der Waals surface area contributed by atoms with Crippen LogP contribution in [0.3, 0.4) is 0 Å². The van der Waals surface area contributed by atoms with Gasteiger partial charge in [-0.15, -0.1) is 0 Å². The molecule has 0 radical (unpaired) electrons. The maximum Gasteiger partial charge on any atom is 0.251 e. The average Bonchev–Trinajstić information content (AvgIpc) is 2.99. The van der Waals surface area contributed by atoms with E-state index in [0.29, 0.717) is 18.7 Å². The van der Waals surface area contributed by atoms with Gasteiger partial charge in [0.25, 0.3) is 5.91 Å². The molecule has 1 heterocycles. The van der Waals surface area contributed by atoms with Crippen molar-refractivity contribution in [3.05, 3.63) is 102 Å². The Hall–Kier alpha value is -3.60. The number of benzene rings is 3. The molecule has 1 atom stereocenters. The molecule has 1 N–H and O–H groups in total. The first kappa shape index (κ1) is 20.7. The van der Waals surface area contributed by atoms with Crippen molar-refractivity contribution >= 4 is 17.5 Å². The SMILES string of the molecule is CN1CCN(C(=O)CC(NC(=O)c2ccccc2)c2ccccc2)Cc2ccccc21. The third kappa shape index (κ3) is 4.94. The lowest BCUT2D eigenvalue weighted by Crippen LogP contribution is -2.38. The summed E-state index contributed by atoms with van der Waals surface area (Å²) in [4.78, 5) is 30.2. The van der Waals surface area contributed by atoms with Gasteiger partial charge in [-0.25, -0.2) is 0 Å². The number of nitrogens with one attached hydrogen (secondary N) is 1. The van der Waals surface area contributed by atoms with Gasteiger partial charge in [-0.05, 0) is 29.3 Å².